The van der Waals surface area contributed by atoms with E-state index in [4.69, 9.17) is 0 Å². The highest BCUT2D eigenvalue weighted by Crippen LogP contribution is 2.30. The first kappa shape index (κ1) is 26.1. The molecule has 2 aromatic heterocycles. The molecular formula is C23H22N6O3S4. The molecular weight excluding hydrogens is 537 g/mol. The van der Waals surface area contributed by atoms with Gasteiger partial charge in [-0.15, -0.1) is 10.2 Å². The quantitative estimate of drug-likeness (QED) is 0.265. The van der Waals surface area contributed by atoms with E-state index in [9.17, 15) is 13.2 Å². The molecule has 0 atom stereocenters. The molecule has 13 heteroatoms. The maximum Gasteiger partial charge on any atom is 0.263 e. The maximum atomic E-state index is 12.7. The van der Waals surface area contributed by atoms with E-state index in [0.29, 0.717) is 21.5 Å². The minimum atomic E-state index is -3.83. The molecule has 1 amide bonds. The van der Waals surface area contributed by atoms with Crippen molar-refractivity contribution < 1.29 is 13.2 Å². The Labute approximate surface area is 221 Å². The van der Waals surface area contributed by atoms with Crippen LogP contribution in [0.3, 0.4) is 0 Å². The first-order valence-electron chi connectivity index (χ1n) is 10.6. The molecule has 0 bridgehead atoms. The number of carbonyl (C=O) groups is 1. The molecule has 0 saturated heterocycles. The molecule has 9 nitrogen and oxygen atoms in total. The van der Waals surface area contributed by atoms with E-state index in [2.05, 4.69) is 42.3 Å². The molecule has 0 aliphatic heterocycles. The van der Waals surface area contributed by atoms with Crippen molar-refractivity contribution in [3.8, 4) is 0 Å². The van der Waals surface area contributed by atoms with Crippen LogP contribution in [0.25, 0.3) is 0 Å². The number of carbonyl (C=O) groups excluding carboxylic acids is 1. The second kappa shape index (κ2) is 11.8. The summed E-state index contributed by atoms with van der Waals surface area (Å²) in [6.07, 6.45) is 0. The number of benzene rings is 2. The zero-order chi connectivity index (χ0) is 25.5. The van der Waals surface area contributed by atoms with Gasteiger partial charge in [0, 0.05) is 23.2 Å². The number of rotatable bonds is 10. The van der Waals surface area contributed by atoms with Crippen molar-refractivity contribution >= 4 is 62.3 Å². The second-order valence-corrected chi connectivity index (χ2v) is 12.6. The lowest BCUT2D eigenvalue weighted by atomic mass is 10.2. The number of thioether (sulfide) groups is 2. The molecule has 0 unspecified atom stereocenters. The van der Waals surface area contributed by atoms with Gasteiger partial charge in [0.05, 0.1) is 10.6 Å². The van der Waals surface area contributed by atoms with E-state index in [0.717, 1.165) is 10.1 Å². The zero-order valence-electron chi connectivity index (χ0n) is 19.3. The highest BCUT2D eigenvalue weighted by molar-refractivity contribution is 8.03. The maximum absolute atomic E-state index is 12.7. The summed E-state index contributed by atoms with van der Waals surface area (Å²) in [7, 11) is -3.83. The minimum absolute atomic E-state index is 0.0539. The summed E-state index contributed by atoms with van der Waals surface area (Å²) in [6.45, 7) is 3.45. The Morgan fingerprint density at radius 2 is 1.64 bits per heavy atom. The summed E-state index contributed by atoms with van der Waals surface area (Å²) in [6, 6.07) is 17.6. The van der Waals surface area contributed by atoms with Crippen LogP contribution < -0.4 is 10.0 Å². The Bertz CT molecular complexity index is 1420. The molecule has 2 heterocycles. The Hall–Kier alpha value is -3.00. The lowest BCUT2D eigenvalue weighted by Gasteiger charge is -2.09. The molecule has 0 spiro atoms. The number of nitrogens with zero attached hydrogens (tertiary/aromatic N) is 4. The summed E-state index contributed by atoms with van der Waals surface area (Å²) >= 11 is 4.36. The first-order chi connectivity index (χ1) is 17.3. The molecule has 2 aromatic carbocycles. The van der Waals surface area contributed by atoms with Crippen LogP contribution in [0.4, 0.5) is 11.5 Å². The lowest BCUT2D eigenvalue weighted by Crippen LogP contribution is -2.16. The fourth-order valence-electron chi connectivity index (χ4n) is 3.04. The monoisotopic (exact) mass is 558 g/mol. The van der Waals surface area contributed by atoms with Crippen molar-refractivity contribution in [1.29, 1.82) is 0 Å². The first-order valence-corrected chi connectivity index (χ1v) is 14.9. The zero-order valence-corrected chi connectivity index (χ0v) is 22.6. The van der Waals surface area contributed by atoms with Gasteiger partial charge in [0.15, 0.2) is 8.68 Å². The van der Waals surface area contributed by atoms with Gasteiger partial charge in [0.25, 0.3) is 10.0 Å². The van der Waals surface area contributed by atoms with E-state index < -0.39 is 10.0 Å². The number of aromatic nitrogens is 4. The van der Waals surface area contributed by atoms with Gasteiger partial charge < -0.3 is 5.32 Å². The van der Waals surface area contributed by atoms with Crippen molar-refractivity contribution in [2.45, 2.75) is 33.2 Å². The summed E-state index contributed by atoms with van der Waals surface area (Å²) in [4.78, 5) is 20.7. The fourth-order valence-corrected chi connectivity index (χ4v) is 6.81. The predicted octanol–water partition coefficient (Wildman–Crippen LogP) is 4.77. The number of anilines is 2. The standard InChI is InChI=1S/C23H22N6O3S4/c1-15-12-20(25-16(2)24-15)29-36(31,32)19-10-8-18(9-11-19)26-21(30)14-34-23-28-27-22(35-23)33-13-17-6-4-3-5-7-17/h3-12H,13-14H2,1-2H3,(H,26,30)(H,24,25,29). The van der Waals surface area contributed by atoms with Gasteiger partial charge in [0.2, 0.25) is 5.91 Å². The third-order valence-electron chi connectivity index (χ3n) is 4.57. The topological polar surface area (TPSA) is 127 Å². The van der Waals surface area contributed by atoms with E-state index >= 15 is 0 Å². The Morgan fingerprint density at radius 3 is 2.33 bits per heavy atom. The number of hydrogen-bond acceptors (Lipinski definition) is 10. The number of hydrogen-bond donors (Lipinski definition) is 2. The van der Waals surface area contributed by atoms with Crippen molar-refractivity contribution in [2.75, 3.05) is 15.8 Å². The summed E-state index contributed by atoms with van der Waals surface area (Å²) in [5.41, 5.74) is 2.36. The summed E-state index contributed by atoms with van der Waals surface area (Å²) in [5, 5.41) is 11.1. The summed E-state index contributed by atoms with van der Waals surface area (Å²) < 4.78 is 29.4. The molecule has 0 aliphatic carbocycles. The number of sulfonamides is 1. The predicted molar refractivity (Wildman–Crippen MR) is 144 cm³/mol. The normalized spacial score (nSPS) is 11.3. The third kappa shape index (κ3) is 7.50. The van der Waals surface area contributed by atoms with Gasteiger partial charge in [-0.05, 0) is 43.7 Å². The fraction of sp³-hybridized carbons (Fsp3) is 0.174. The van der Waals surface area contributed by atoms with Crippen LogP contribution in [-0.4, -0.2) is 40.2 Å². The van der Waals surface area contributed by atoms with Gasteiger partial charge in [0.1, 0.15) is 11.6 Å². The number of amides is 1. The number of aryl methyl sites for hydroxylation is 2. The minimum Gasteiger partial charge on any atom is -0.325 e. The van der Waals surface area contributed by atoms with Crippen LogP contribution in [0, 0.1) is 13.8 Å². The van der Waals surface area contributed by atoms with Gasteiger partial charge in [-0.2, -0.15) is 0 Å². The van der Waals surface area contributed by atoms with Crippen molar-refractivity contribution in [3.05, 3.63) is 77.7 Å². The van der Waals surface area contributed by atoms with Crippen LogP contribution in [0.15, 0.2) is 74.2 Å². The SMILES string of the molecule is Cc1cc(NS(=O)(=O)c2ccc(NC(=O)CSc3nnc(SCc4ccccc4)s3)cc2)nc(C)n1. The molecule has 0 saturated carbocycles. The van der Waals surface area contributed by atoms with Crippen LogP contribution in [-0.2, 0) is 20.6 Å². The third-order valence-corrected chi connectivity index (χ3v) is 9.20. The van der Waals surface area contributed by atoms with Crippen molar-refractivity contribution in [3.63, 3.8) is 0 Å². The molecule has 4 aromatic rings. The van der Waals surface area contributed by atoms with E-state index in [1.54, 1.807) is 31.7 Å². The van der Waals surface area contributed by atoms with Crippen LogP contribution in [0.2, 0.25) is 0 Å². The molecule has 2 N–H and O–H groups in total. The highest BCUT2D eigenvalue weighted by atomic mass is 32.2. The Balaban J connectivity index is 1.27. The van der Waals surface area contributed by atoms with Gasteiger partial charge >= 0.3 is 0 Å². The molecule has 0 fully saturated rings. The largest absolute Gasteiger partial charge is 0.325 e. The van der Waals surface area contributed by atoms with Crippen molar-refractivity contribution in [1.82, 2.24) is 20.2 Å². The smallest absolute Gasteiger partial charge is 0.263 e. The molecule has 0 aliphatic rings. The molecule has 36 heavy (non-hydrogen) atoms. The Kier molecular flexibility index (Phi) is 8.56. The van der Waals surface area contributed by atoms with Gasteiger partial charge in [-0.1, -0.05) is 65.2 Å². The van der Waals surface area contributed by atoms with E-state index in [1.807, 2.05) is 18.2 Å². The molecule has 4 rings (SSSR count). The van der Waals surface area contributed by atoms with Gasteiger partial charge in [-0.25, -0.2) is 18.4 Å². The van der Waals surface area contributed by atoms with Gasteiger partial charge in [-0.3, -0.25) is 9.52 Å². The van der Waals surface area contributed by atoms with E-state index in [-0.39, 0.29) is 22.4 Å². The average Bonchev–Trinajstić information content (AvgIpc) is 3.29. The van der Waals surface area contributed by atoms with Crippen LogP contribution in [0.5, 0.6) is 0 Å². The average molecular weight is 559 g/mol. The molecule has 0 radical (unpaired) electrons. The highest BCUT2D eigenvalue weighted by Gasteiger charge is 2.16. The number of nitrogens with one attached hydrogen (secondary N) is 2. The lowest BCUT2D eigenvalue weighted by molar-refractivity contribution is -0.113. The summed E-state index contributed by atoms with van der Waals surface area (Å²) in [5.74, 6) is 1.41. The van der Waals surface area contributed by atoms with Crippen LogP contribution in [0.1, 0.15) is 17.1 Å². The second-order valence-electron chi connectivity index (χ2n) is 7.52. The van der Waals surface area contributed by atoms with Crippen molar-refractivity contribution in [2.24, 2.45) is 0 Å². The van der Waals surface area contributed by atoms with E-state index in [1.165, 1.54) is 52.9 Å². The Morgan fingerprint density at radius 1 is 0.944 bits per heavy atom. The molecule has 186 valence electrons. The van der Waals surface area contributed by atoms with Crippen LogP contribution >= 0.6 is 34.9 Å².